The quantitative estimate of drug-likeness (QED) is 0.722. The molecule has 150 valence electrons. The van der Waals surface area contributed by atoms with Crippen LogP contribution in [-0.2, 0) is 9.59 Å². The van der Waals surface area contributed by atoms with Crippen LogP contribution in [0.1, 0.15) is 0 Å². The molecule has 0 aliphatic rings. The first-order valence-corrected chi connectivity index (χ1v) is 8.39. The average molecular weight is 416 g/mol. The lowest BCUT2D eigenvalue weighted by Crippen LogP contribution is -2.36. The zero-order chi connectivity index (χ0) is 20.7. The summed E-state index contributed by atoms with van der Waals surface area (Å²) in [4.78, 5) is 25.5. The highest BCUT2D eigenvalue weighted by atomic mass is 35.5. The first kappa shape index (κ1) is 21.5. The Morgan fingerprint density at radius 3 is 2.14 bits per heavy atom. The summed E-state index contributed by atoms with van der Waals surface area (Å²) in [7, 11) is 1.58. The number of likely N-dealkylation sites (N-methyl/N-ethyl adjacent to an activating group) is 1. The van der Waals surface area contributed by atoms with Crippen molar-refractivity contribution in [2.75, 3.05) is 30.8 Å². The third-order valence-corrected chi connectivity index (χ3v) is 3.68. The van der Waals surface area contributed by atoms with E-state index in [0.29, 0.717) is 16.4 Å². The van der Waals surface area contributed by atoms with Gasteiger partial charge >= 0.3 is 6.36 Å². The molecule has 0 atom stereocenters. The number of para-hydroxylation sites is 1. The minimum Gasteiger partial charge on any atom is -0.406 e. The van der Waals surface area contributed by atoms with Gasteiger partial charge in [-0.3, -0.25) is 14.5 Å². The number of anilines is 2. The van der Waals surface area contributed by atoms with Gasteiger partial charge in [-0.15, -0.1) is 13.2 Å². The number of nitrogens with zero attached hydrogens (tertiary/aromatic N) is 1. The first-order chi connectivity index (χ1) is 13.1. The maximum Gasteiger partial charge on any atom is 0.573 e. The van der Waals surface area contributed by atoms with Gasteiger partial charge < -0.3 is 15.4 Å². The third-order valence-electron chi connectivity index (χ3n) is 3.35. The number of hydrogen-bond donors (Lipinski definition) is 2. The Bertz CT molecular complexity index is 829. The molecule has 0 spiro atoms. The number of nitrogens with one attached hydrogen (secondary N) is 2. The molecule has 0 aromatic heterocycles. The molecule has 2 amide bonds. The minimum atomic E-state index is -4.78. The third kappa shape index (κ3) is 7.45. The Kier molecular flexibility index (Phi) is 7.24. The maximum absolute atomic E-state index is 12.1. The summed E-state index contributed by atoms with van der Waals surface area (Å²) < 4.78 is 40.1. The van der Waals surface area contributed by atoms with Crippen LogP contribution >= 0.6 is 11.6 Å². The molecule has 0 fully saturated rings. The second-order valence-electron chi connectivity index (χ2n) is 5.82. The van der Waals surface area contributed by atoms with Gasteiger partial charge in [0.1, 0.15) is 5.75 Å². The normalized spacial score (nSPS) is 11.2. The van der Waals surface area contributed by atoms with E-state index in [1.165, 1.54) is 17.0 Å². The lowest BCUT2D eigenvalue weighted by Gasteiger charge is -2.16. The van der Waals surface area contributed by atoms with E-state index in [-0.39, 0.29) is 24.7 Å². The summed E-state index contributed by atoms with van der Waals surface area (Å²) in [6.45, 7) is -0.159. The van der Waals surface area contributed by atoms with E-state index in [2.05, 4.69) is 15.4 Å². The van der Waals surface area contributed by atoms with Crippen LogP contribution < -0.4 is 15.4 Å². The van der Waals surface area contributed by atoms with Gasteiger partial charge in [0.15, 0.2) is 0 Å². The van der Waals surface area contributed by atoms with Crippen LogP contribution in [0.4, 0.5) is 24.5 Å². The van der Waals surface area contributed by atoms with Crippen LogP contribution in [0.15, 0.2) is 48.5 Å². The van der Waals surface area contributed by atoms with Crippen molar-refractivity contribution in [2.24, 2.45) is 0 Å². The summed E-state index contributed by atoms with van der Waals surface area (Å²) in [5, 5.41) is 5.56. The molecule has 0 aliphatic heterocycles. The van der Waals surface area contributed by atoms with E-state index in [9.17, 15) is 22.8 Å². The molecular formula is C18H17ClF3N3O3. The molecule has 0 bridgehead atoms. The molecule has 0 saturated heterocycles. The Labute approximate surface area is 164 Å². The Morgan fingerprint density at radius 1 is 1.00 bits per heavy atom. The Hall–Kier alpha value is -2.78. The van der Waals surface area contributed by atoms with Crippen molar-refractivity contribution in [3.05, 3.63) is 53.6 Å². The van der Waals surface area contributed by atoms with Crippen LogP contribution in [-0.4, -0.2) is 43.2 Å². The molecule has 0 heterocycles. The van der Waals surface area contributed by atoms with E-state index in [0.717, 1.165) is 12.1 Å². The van der Waals surface area contributed by atoms with Crippen molar-refractivity contribution in [1.82, 2.24) is 4.90 Å². The maximum atomic E-state index is 12.1. The van der Waals surface area contributed by atoms with E-state index in [1.807, 2.05) is 0 Å². The van der Waals surface area contributed by atoms with Crippen molar-refractivity contribution in [3.8, 4) is 5.75 Å². The number of carbonyl (C=O) groups excluding carboxylic acids is 2. The van der Waals surface area contributed by atoms with Gasteiger partial charge in [0, 0.05) is 5.69 Å². The molecule has 28 heavy (non-hydrogen) atoms. The summed E-state index contributed by atoms with van der Waals surface area (Å²) in [5.74, 6) is -1.17. The predicted molar refractivity (Wildman–Crippen MR) is 99.3 cm³/mol. The number of hydrogen-bond acceptors (Lipinski definition) is 4. The van der Waals surface area contributed by atoms with E-state index in [1.54, 1.807) is 31.3 Å². The van der Waals surface area contributed by atoms with E-state index >= 15 is 0 Å². The summed E-state index contributed by atoms with van der Waals surface area (Å²) >= 11 is 5.96. The SMILES string of the molecule is CN(CC(=O)Nc1ccc(OC(F)(F)F)cc1)CC(=O)Nc1ccccc1Cl. The molecule has 2 aromatic rings. The summed E-state index contributed by atoms with van der Waals surface area (Å²) in [6.07, 6.45) is -4.78. The minimum absolute atomic E-state index is 0.0585. The Morgan fingerprint density at radius 2 is 1.57 bits per heavy atom. The number of amides is 2. The van der Waals surface area contributed by atoms with Crippen molar-refractivity contribution in [1.29, 1.82) is 0 Å². The van der Waals surface area contributed by atoms with Gasteiger partial charge in [-0.2, -0.15) is 0 Å². The van der Waals surface area contributed by atoms with Gasteiger partial charge in [-0.1, -0.05) is 23.7 Å². The molecule has 2 rings (SSSR count). The smallest absolute Gasteiger partial charge is 0.406 e. The largest absolute Gasteiger partial charge is 0.573 e. The standard InChI is InChI=1S/C18H17ClF3N3O3/c1-25(11-17(27)24-15-5-3-2-4-14(15)19)10-16(26)23-12-6-8-13(9-7-12)28-18(20,21)22/h2-9H,10-11H2,1H3,(H,23,26)(H,24,27). The fourth-order valence-electron chi connectivity index (χ4n) is 2.24. The predicted octanol–water partition coefficient (Wildman–Crippen LogP) is 3.75. The van der Waals surface area contributed by atoms with Crippen LogP contribution in [0.5, 0.6) is 5.75 Å². The van der Waals surface area contributed by atoms with Crippen LogP contribution in [0.3, 0.4) is 0 Å². The van der Waals surface area contributed by atoms with Crippen molar-refractivity contribution < 1.29 is 27.5 Å². The number of ether oxygens (including phenoxy) is 1. The number of benzene rings is 2. The zero-order valence-electron chi connectivity index (χ0n) is 14.7. The molecule has 2 aromatic carbocycles. The second-order valence-corrected chi connectivity index (χ2v) is 6.23. The number of halogens is 4. The lowest BCUT2D eigenvalue weighted by atomic mass is 10.3. The monoisotopic (exact) mass is 415 g/mol. The highest BCUT2D eigenvalue weighted by molar-refractivity contribution is 6.33. The molecule has 10 heteroatoms. The lowest BCUT2D eigenvalue weighted by molar-refractivity contribution is -0.274. The van der Waals surface area contributed by atoms with Gasteiger partial charge in [0.05, 0.1) is 23.8 Å². The molecule has 0 unspecified atom stereocenters. The number of alkyl halides is 3. The molecule has 0 saturated carbocycles. The highest BCUT2D eigenvalue weighted by Crippen LogP contribution is 2.24. The van der Waals surface area contributed by atoms with Gasteiger partial charge in [-0.05, 0) is 43.4 Å². The Balaban J connectivity index is 1.80. The van der Waals surface area contributed by atoms with Crippen LogP contribution in [0.2, 0.25) is 5.02 Å². The molecule has 2 N–H and O–H groups in total. The van der Waals surface area contributed by atoms with E-state index in [4.69, 9.17) is 11.6 Å². The first-order valence-electron chi connectivity index (χ1n) is 8.01. The van der Waals surface area contributed by atoms with Crippen molar-refractivity contribution >= 4 is 34.8 Å². The van der Waals surface area contributed by atoms with Crippen LogP contribution in [0, 0.1) is 0 Å². The zero-order valence-corrected chi connectivity index (χ0v) is 15.5. The van der Waals surface area contributed by atoms with Crippen molar-refractivity contribution in [2.45, 2.75) is 6.36 Å². The second kappa shape index (κ2) is 9.43. The van der Waals surface area contributed by atoms with Crippen molar-refractivity contribution in [3.63, 3.8) is 0 Å². The number of carbonyl (C=O) groups is 2. The fourth-order valence-corrected chi connectivity index (χ4v) is 2.42. The number of rotatable bonds is 7. The average Bonchev–Trinajstić information content (AvgIpc) is 2.57. The molecule has 6 nitrogen and oxygen atoms in total. The van der Waals surface area contributed by atoms with E-state index < -0.39 is 12.3 Å². The van der Waals surface area contributed by atoms with Gasteiger partial charge in [0.25, 0.3) is 0 Å². The highest BCUT2D eigenvalue weighted by Gasteiger charge is 2.30. The molecule has 0 radical (unpaired) electrons. The van der Waals surface area contributed by atoms with Gasteiger partial charge in [0.2, 0.25) is 11.8 Å². The molecular weight excluding hydrogens is 399 g/mol. The van der Waals surface area contributed by atoms with Gasteiger partial charge in [-0.25, -0.2) is 0 Å². The summed E-state index contributed by atoms with van der Waals surface area (Å²) in [6, 6.07) is 11.5. The topological polar surface area (TPSA) is 70.7 Å². The van der Waals surface area contributed by atoms with Crippen LogP contribution in [0.25, 0.3) is 0 Å². The molecule has 0 aliphatic carbocycles. The fraction of sp³-hybridized carbons (Fsp3) is 0.222. The summed E-state index contributed by atoms with van der Waals surface area (Å²) in [5.41, 5.74) is 0.765.